The van der Waals surface area contributed by atoms with Gasteiger partial charge in [-0.2, -0.15) is 0 Å². The molecule has 3 heterocycles. The SMILES string of the molecule is C1CCn2c(nnc2COC2CCNCC2)C1. The standard InChI is InChI=1S/C12H20N4O/c1-2-8-16-11(3-1)14-15-12(16)9-17-10-4-6-13-7-5-10/h10,13H,1-9H2. The van der Waals surface area contributed by atoms with E-state index in [4.69, 9.17) is 4.74 Å². The van der Waals surface area contributed by atoms with Crippen molar-refractivity contribution in [2.75, 3.05) is 13.1 Å². The maximum atomic E-state index is 5.93. The lowest BCUT2D eigenvalue weighted by Crippen LogP contribution is -2.32. The molecule has 1 saturated heterocycles. The average Bonchev–Trinajstić information content (AvgIpc) is 2.81. The van der Waals surface area contributed by atoms with Gasteiger partial charge >= 0.3 is 0 Å². The molecule has 0 unspecified atom stereocenters. The fourth-order valence-corrected chi connectivity index (χ4v) is 2.63. The first-order valence-electron chi connectivity index (χ1n) is 6.67. The monoisotopic (exact) mass is 236 g/mol. The topological polar surface area (TPSA) is 52.0 Å². The van der Waals surface area contributed by atoms with E-state index in [-0.39, 0.29) is 0 Å². The summed E-state index contributed by atoms with van der Waals surface area (Å²) in [6, 6.07) is 0. The summed E-state index contributed by atoms with van der Waals surface area (Å²) < 4.78 is 8.17. The van der Waals surface area contributed by atoms with Crippen LogP contribution in [0.15, 0.2) is 0 Å². The first-order chi connectivity index (χ1) is 8.43. The average molecular weight is 236 g/mol. The predicted octanol–water partition coefficient (Wildman–Crippen LogP) is 0.883. The van der Waals surface area contributed by atoms with Crippen LogP contribution in [-0.2, 0) is 24.3 Å². The van der Waals surface area contributed by atoms with Crippen molar-refractivity contribution < 1.29 is 4.74 Å². The highest BCUT2D eigenvalue weighted by molar-refractivity contribution is 4.97. The summed E-state index contributed by atoms with van der Waals surface area (Å²) in [5.74, 6) is 2.15. The minimum atomic E-state index is 0.396. The molecule has 0 aliphatic carbocycles. The lowest BCUT2D eigenvalue weighted by molar-refractivity contribution is 0.0161. The molecule has 1 N–H and O–H groups in total. The van der Waals surface area contributed by atoms with Gasteiger partial charge in [-0.3, -0.25) is 0 Å². The van der Waals surface area contributed by atoms with E-state index in [1.807, 2.05) is 0 Å². The van der Waals surface area contributed by atoms with Crippen LogP contribution in [0, 0.1) is 0 Å². The third-order valence-corrected chi connectivity index (χ3v) is 3.67. The Labute approximate surface area is 102 Å². The minimum Gasteiger partial charge on any atom is -0.370 e. The first-order valence-corrected chi connectivity index (χ1v) is 6.67. The van der Waals surface area contributed by atoms with E-state index in [1.54, 1.807) is 0 Å². The molecule has 17 heavy (non-hydrogen) atoms. The van der Waals surface area contributed by atoms with Crippen molar-refractivity contribution in [2.45, 2.75) is 51.4 Å². The van der Waals surface area contributed by atoms with E-state index < -0.39 is 0 Å². The number of ether oxygens (including phenoxy) is 1. The molecular formula is C12H20N4O. The highest BCUT2D eigenvalue weighted by Gasteiger charge is 2.18. The summed E-state index contributed by atoms with van der Waals surface area (Å²) in [5.41, 5.74) is 0. The number of nitrogens with zero attached hydrogens (tertiary/aromatic N) is 3. The van der Waals surface area contributed by atoms with Gasteiger partial charge in [0.05, 0.1) is 6.10 Å². The van der Waals surface area contributed by atoms with E-state index in [2.05, 4.69) is 20.1 Å². The second kappa shape index (κ2) is 5.14. The molecule has 3 rings (SSSR count). The Kier molecular flexibility index (Phi) is 3.38. The summed E-state index contributed by atoms with van der Waals surface area (Å²) in [6.07, 6.45) is 6.17. The zero-order chi connectivity index (χ0) is 11.5. The third kappa shape index (κ3) is 2.50. The van der Waals surface area contributed by atoms with Gasteiger partial charge in [-0.25, -0.2) is 0 Å². The normalized spacial score (nSPS) is 21.4. The van der Waals surface area contributed by atoms with Crippen molar-refractivity contribution in [1.29, 1.82) is 0 Å². The van der Waals surface area contributed by atoms with Crippen molar-refractivity contribution in [3.05, 3.63) is 11.6 Å². The van der Waals surface area contributed by atoms with Gasteiger partial charge in [0, 0.05) is 13.0 Å². The fourth-order valence-electron chi connectivity index (χ4n) is 2.63. The summed E-state index contributed by atoms with van der Waals surface area (Å²) >= 11 is 0. The van der Waals surface area contributed by atoms with Crippen molar-refractivity contribution in [3.63, 3.8) is 0 Å². The Morgan fingerprint density at radius 3 is 3.00 bits per heavy atom. The van der Waals surface area contributed by atoms with Gasteiger partial charge in [-0.15, -0.1) is 10.2 Å². The van der Waals surface area contributed by atoms with Crippen molar-refractivity contribution in [3.8, 4) is 0 Å². The lowest BCUT2D eigenvalue weighted by Gasteiger charge is -2.23. The molecule has 0 bridgehead atoms. The molecule has 2 aliphatic heterocycles. The maximum absolute atomic E-state index is 5.93. The van der Waals surface area contributed by atoms with E-state index >= 15 is 0 Å². The number of fused-ring (bicyclic) bond motifs is 1. The highest BCUT2D eigenvalue weighted by Crippen LogP contribution is 2.16. The second-order valence-electron chi connectivity index (χ2n) is 4.90. The van der Waals surface area contributed by atoms with Crippen LogP contribution in [0.5, 0.6) is 0 Å². The quantitative estimate of drug-likeness (QED) is 0.846. The van der Waals surface area contributed by atoms with Crippen LogP contribution < -0.4 is 5.32 Å². The van der Waals surface area contributed by atoms with E-state index in [9.17, 15) is 0 Å². The number of piperidine rings is 1. The molecule has 2 aliphatic rings. The number of hydrogen-bond acceptors (Lipinski definition) is 4. The number of nitrogens with one attached hydrogen (secondary N) is 1. The highest BCUT2D eigenvalue weighted by atomic mass is 16.5. The number of hydrogen-bond donors (Lipinski definition) is 1. The molecule has 1 aromatic heterocycles. The molecule has 1 fully saturated rings. The molecule has 0 amide bonds. The van der Waals surface area contributed by atoms with Gasteiger partial charge in [-0.05, 0) is 38.8 Å². The Bertz CT molecular complexity index is 371. The molecule has 0 atom stereocenters. The Morgan fingerprint density at radius 1 is 1.24 bits per heavy atom. The molecular weight excluding hydrogens is 216 g/mol. The Morgan fingerprint density at radius 2 is 2.12 bits per heavy atom. The molecule has 94 valence electrons. The zero-order valence-electron chi connectivity index (χ0n) is 10.2. The van der Waals surface area contributed by atoms with E-state index in [1.165, 1.54) is 12.8 Å². The summed E-state index contributed by atoms with van der Waals surface area (Å²) in [7, 11) is 0. The Balaban J connectivity index is 1.59. The van der Waals surface area contributed by atoms with Crippen molar-refractivity contribution in [1.82, 2.24) is 20.1 Å². The largest absolute Gasteiger partial charge is 0.370 e. The molecule has 5 nitrogen and oxygen atoms in total. The van der Waals surface area contributed by atoms with Crippen molar-refractivity contribution >= 4 is 0 Å². The van der Waals surface area contributed by atoms with Gasteiger partial charge in [-0.1, -0.05) is 0 Å². The van der Waals surface area contributed by atoms with Gasteiger partial charge in [0.1, 0.15) is 12.4 Å². The van der Waals surface area contributed by atoms with Crippen LogP contribution in [0.3, 0.4) is 0 Å². The smallest absolute Gasteiger partial charge is 0.159 e. The number of aryl methyl sites for hydroxylation is 1. The minimum absolute atomic E-state index is 0.396. The molecule has 0 radical (unpaired) electrons. The fraction of sp³-hybridized carbons (Fsp3) is 0.833. The van der Waals surface area contributed by atoms with Crippen LogP contribution in [0.2, 0.25) is 0 Å². The maximum Gasteiger partial charge on any atom is 0.159 e. The van der Waals surface area contributed by atoms with Gasteiger partial charge in [0.25, 0.3) is 0 Å². The molecule has 5 heteroatoms. The van der Waals surface area contributed by atoms with Crippen LogP contribution in [-0.4, -0.2) is 34.0 Å². The number of rotatable bonds is 3. The van der Waals surface area contributed by atoms with Crippen LogP contribution in [0.4, 0.5) is 0 Å². The summed E-state index contributed by atoms with van der Waals surface area (Å²) in [5, 5.41) is 11.8. The first kappa shape index (κ1) is 11.2. The van der Waals surface area contributed by atoms with E-state index in [0.717, 1.165) is 50.5 Å². The molecule has 1 aromatic rings. The van der Waals surface area contributed by atoms with Crippen molar-refractivity contribution in [2.24, 2.45) is 0 Å². The van der Waals surface area contributed by atoms with Crippen LogP contribution >= 0.6 is 0 Å². The van der Waals surface area contributed by atoms with Crippen LogP contribution in [0.25, 0.3) is 0 Å². The van der Waals surface area contributed by atoms with E-state index in [0.29, 0.717) is 12.7 Å². The lowest BCUT2D eigenvalue weighted by atomic mass is 10.1. The molecule has 0 saturated carbocycles. The predicted molar refractivity (Wildman–Crippen MR) is 63.6 cm³/mol. The third-order valence-electron chi connectivity index (χ3n) is 3.67. The summed E-state index contributed by atoms with van der Waals surface area (Å²) in [4.78, 5) is 0. The van der Waals surface area contributed by atoms with Crippen LogP contribution in [0.1, 0.15) is 37.3 Å². The Hall–Kier alpha value is -0.940. The zero-order valence-corrected chi connectivity index (χ0v) is 10.2. The molecule has 0 aromatic carbocycles. The van der Waals surface area contributed by atoms with Gasteiger partial charge in [0.2, 0.25) is 0 Å². The number of aromatic nitrogens is 3. The molecule has 0 spiro atoms. The van der Waals surface area contributed by atoms with Gasteiger partial charge < -0.3 is 14.6 Å². The summed E-state index contributed by atoms with van der Waals surface area (Å²) in [6.45, 7) is 3.83. The second-order valence-corrected chi connectivity index (χ2v) is 4.90. The van der Waals surface area contributed by atoms with Gasteiger partial charge in [0.15, 0.2) is 5.82 Å².